The lowest BCUT2D eigenvalue weighted by atomic mass is 9.98. The minimum absolute atomic E-state index is 0.0244. The Morgan fingerprint density at radius 2 is 1.66 bits per heavy atom. The van der Waals surface area contributed by atoms with E-state index in [2.05, 4.69) is 29.6 Å². The van der Waals surface area contributed by atoms with E-state index in [9.17, 15) is 24.6 Å². The van der Waals surface area contributed by atoms with Gasteiger partial charge in [0.25, 0.3) is 0 Å². The minimum Gasteiger partial charge on any atom is -0.480 e. The smallest absolute Gasteiger partial charge is 0.407 e. The number of aliphatic hydroxyl groups excluding tert-OH is 1. The van der Waals surface area contributed by atoms with Crippen LogP contribution in [0.5, 0.6) is 0 Å². The molecule has 0 spiro atoms. The number of nitrogens with one attached hydrogen (secondary N) is 1. The van der Waals surface area contributed by atoms with Crippen LogP contribution in [0.15, 0.2) is 48.5 Å². The molecule has 4 unspecified atom stereocenters. The first-order valence-electron chi connectivity index (χ1n) is 12.2. The van der Waals surface area contributed by atoms with Crippen molar-refractivity contribution in [1.82, 2.24) is 10.2 Å². The minimum atomic E-state index is -1.10. The molecule has 3 aliphatic rings. The monoisotopic (exact) mass is 478 g/mol. The average Bonchev–Trinajstić information content (AvgIpc) is 3.54. The number of rotatable bonds is 6. The highest BCUT2D eigenvalue weighted by atomic mass is 16.5. The van der Waals surface area contributed by atoms with Gasteiger partial charge in [-0.25, -0.2) is 9.59 Å². The molecular weight excluding hydrogens is 448 g/mol. The van der Waals surface area contributed by atoms with Crippen LogP contribution in [0.1, 0.15) is 49.1 Å². The second kappa shape index (κ2) is 9.70. The number of aliphatic carboxylic acids is 1. The van der Waals surface area contributed by atoms with Gasteiger partial charge in [-0.2, -0.15) is 0 Å². The summed E-state index contributed by atoms with van der Waals surface area (Å²) < 4.78 is 5.66. The fourth-order valence-electron chi connectivity index (χ4n) is 5.93. The van der Waals surface area contributed by atoms with Gasteiger partial charge in [0.15, 0.2) is 0 Å². The van der Waals surface area contributed by atoms with Gasteiger partial charge in [-0.05, 0) is 41.0 Å². The molecule has 1 saturated carbocycles. The topological polar surface area (TPSA) is 116 Å². The molecule has 0 radical (unpaired) electrons. The van der Waals surface area contributed by atoms with Gasteiger partial charge in [-0.15, -0.1) is 0 Å². The number of β-amino-alcohol motifs (C(OH)–C–C–N with tert-alkyl or cyclic N) is 1. The van der Waals surface area contributed by atoms with Crippen molar-refractivity contribution in [1.29, 1.82) is 0 Å². The van der Waals surface area contributed by atoms with Crippen molar-refractivity contribution in [3.8, 4) is 11.1 Å². The first kappa shape index (κ1) is 23.4. The molecule has 35 heavy (non-hydrogen) atoms. The van der Waals surface area contributed by atoms with Gasteiger partial charge in [0.2, 0.25) is 5.91 Å². The van der Waals surface area contributed by atoms with Gasteiger partial charge in [0.1, 0.15) is 12.6 Å². The summed E-state index contributed by atoms with van der Waals surface area (Å²) >= 11 is 0. The normalized spacial score (nSPS) is 25.2. The van der Waals surface area contributed by atoms with E-state index >= 15 is 0 Å². The van der Waals surface area contributed by atoms with Crippen molar-refractivity contribution in [2.75, 3.05) is 13.2 Å². The van der Waals surface area contributed by atoms with Crippen LogP contribution < -0.4 is 5.32 Å². The molecule has 1 heterocycles. The van der Waals surface area contributed by atoms with Crippen molar-refractivity contribution in [3.05, 3.63) is 59.7 Å². The Hall–Kier alpha value is -3.39. The molecule has 2 aromatic carbocycles. The molecule has 1 aliphatic heterocycles. The van der Waals surface area contributed by atoms with E-state index in [4.69, 9.17) is 4.74 Å². The van der Waals surface area contributed by atoms with Crippen molar-refractivity contribution < 1.29 is 29.3 Å². The number of hydrogen-bond acceptors (Lipinski definition) is 5. The van der Waals surface area contributed by atoms with Crippen molar-refractivity contribution in [3.63, 3.8) is 0 Å². The van der Waals surface area contributed by atoms with Crippen LogP contribution in [0.2, 0.25) is 0 Å². The SMILES string of the molecule is O=C(NC1CCCC1CC(=O)N1CC(O)CC1C(=O)O)OCC1c2ccccc2-c2ccccc21. The molecule has 3 N–H and O–H groups in total. The van der Waals surface area contributed by atoms with Crippen LogP contribution in [0.3, 0.4) is 0 Å². The zero-order chi connectivity index (χ0) is 24.5. The molecule has 2 aromatic rings. The molecule has 184 valence electrons. The molecule has 1 saturated heterocycles. The molecule has 8 heteroatoms. The van der Waals surface area contributed by atoms with Gasteiger partial charge in [-0.3, -0.25) is 4.79 Å². The quantitative estimate of drug-likeness (QED) is 0.588. The molecule has 2 aliphatic carbocycles. The van der Waals surface area contributed by atoms with Crippen LogP contribution in [-0.2, 0) is 14.3 Å². The Morgan fingerprint density at radius 1 is 1.00 bits per heavy atom. The second-order valence-corrected chi connectivity index (χ2v) is 9.76. The van der Waals surface area contributed by atoms with Crippen LogP contribution in [0.25, 0.3) is 11.1 Å². The zero-order valence-corrected chi connectivity index (χ0v) is 19.4. The molecule has 8 nitrogen and oxygen atoms in total. The van der Waals surface area contributed by atoms with E-state index in [1.54, 1.807) is 0 Å². The summed E-state index contributed by atoms with van der Waals surface area (Å²) in [6.07, 6.45) is 1.26. The Balaban J connectivity index is 1.18. The Labute approximate surface area is 203 Å². The van der Waals surface area contributed by atoms with Crippen molar-refractivity contribution in [2.24, 2.45) is 5.92 Å². The highest BCUT2D eigenvalue weighted by Gasteiger charge is 2.41. The second-order valence-electron chi connectivity index (χ2n) is 9.76. The van der Waals surface area contributed by atoms with E-state index < -0.39 is 24.2 Å². The maximum atomic E-state index is 12.8. The third-order valence-electron chi connectivity index (χ3n) is 7.63. The lowest BCUT2D eigenvalue weighted by molar-refractivity contribution is -0.148. The first-order valence-corrected chi connectivity index (χ1v) is 12.2. The number of carbonyl (C=O) groups excluding carboxylic acids is 2. The van der Waals surface area contributed by atoms with E-state index in [1.165, 1.54) is 4.90 Å². The number of likely N-dealkylation sites (tertiary alicyclic amines) is 1. The number of carboxylic acids is 1. The molecule has 4 atom stereocenters. The van der Waals surface area contributed by atoms with Gasteiger partial charge in [0, 0.05) is 31.3 Å². The third-order valence-corrected chi connectivity index (χ3v) is 7.63. The summed E-state index contributed by atoms with van der Waals surface area (Å²) in [6.45, 7) is 0.259. The van der Waals surface area contributed by atoms with Crippen LogP contribution in [0, 0.1) is 5.92 Å². The summed E-state index contributed by atoms with van der Waals surface area (Å²) in [4.78, 5) is 38.3. The Kier molecular flexibility index (Phi) is 6.47. The van der Waals surface area contributed by atoms with Gasteiger partial charge >= 0.3 is 12.1 Å². The van der Waals surface area contributed by atoms with Gasteiger partial charge in [0.05, 0.1) is 6.10 Å². The number of alkyl carbamates (subject to hydrolysis) is 1. The largest absolute Gasteiger partial charge is 0.480 e. The standard InChI is InChI=1S/C27H30N2O6/c30-17-13-24(26(32)33)29(14-17)25(31)12-16-6-5-11-23(16)28-27(34)35-15-22-20-9-3-1-7-18(20)19-8-2-4-10-21(19)22/h1-4,7-10,16-17,22-24,30H,5-6,11-15H2,(H,28,34)(H,32,33). The lowest BCUT2D eigenvalue weighted by Crippen LogP contribution is -2.44. The number of carbonyl (C=O) groups is 3. The number of carboxylic acid groups (broad SMARTS) is 1. The fourth-order valence-corrected chi connectivity index (χ4v) is 5.93. The number of ether oxygens (including phenoxy) is 1. The molecule has 0 aromatic heterocycles. The number of fused-ring (bicyclic) bond motifs is 3. The summed E-state index contributed by atoms with van der Waals surface area (Å²) in [5.74, 6) is -1.51. The molecule has 0 bridgehead atoms. The summed E-state index contributed by atoms with van der Waals surface area (Å²) in [7, 11) is 0. The van der Waals surface area contributed by atoms with E-state index in [-0.39, 0.29) is 49.8 Å². The van der Waals surface area contributed by atoms with E-state index in [1.807, 2.05) is 24.3 Å². The van der Waals surface area contributed by atoms with E-state index in [0.29, 0.717) is 0 Å². The Morgan fingerprint density at radius 3 is 2.31 bits per heavy atom. The number of aliphatic hydroxyl groups is 1. The zero-order valence-electron chi connectivity index (χ0n) is 19.4. The van der Waals surface area contributed by atoms with Gasteiger partial charge in [-0.1, -0.05) is 55.0 Å². The highest BCUT2D eigenvalue weighted by Crippen LogP contribution is 2.44. The predicted molar refractivity (Wildman–Crippen MR) is 128 cm³/mol. The summed E-state index contributed by atoms with van der Waals surface area (Å²) in [5, 5.41) is 22.2. The molecule has 5 rings (SSSR count). The summed E-state index contributed by atoms with van der Waals surface area (Å²) in [6, 6.07) is 15.1. The van der Waals surface area contributed by atoms with E-state index in [0.717, 1.165) is 41.5 Å². The predicted octanol–water partition coefficient (Wildman–Crippen LogP) is 3.13. The van der Waals surface area contributed by atoms with Gasteiger partial charge < -0.3 is 25.2 Å². The van der Waals surface area contributed by atoms with Crippen molar-refractivity contribution in [2.45, 2.75) is 56.2 Å². The maximum Gasteiger partial charge on any atom is 0.407 e. The number of hydrogen-bond donors (Lipinski definition) is 3. The number of nitrogens with zero attached hydrogens (tertiary/aromatic N) is 1. The van der Waals surface area contributed by atoms with Crippen molar-refractivity contribution >= 4 is 18.0 Å². The molecular formula is C27H30N2O6. The number of benzene rings is 2. The average molecular weight is 479 g/mol. The van der Waals surface area contributed by atoms with Crippen LogP contribution in [-0.4, -0.2) is 64.4 Å². The van der Waals surface area contributed by atoms with Crippen LogP contribution in [0.4, 0.5) is 4.79 Å². The first-order chi connectivity index (χ1) is 16.9. The molecule has 2 amide bonds. The summed E-state index contributed by atoms with van der Waals surface area (Å²) in [5.41, 5.74) is 4.62. The molecule has 2 fully saturated rings. The third kappa shape index (κ3) is 4.62. The van der Waals surface area contributed by atoms with Crippen LogP contribution >= 0.6 is 0 Å². The lowest BCUT2D eigenvalue weighted by Gasteiger charge is -2.26. The highest BCUT2D eigenvalue weighted by molar-refractivity contribution is 5.84. The number of amides is 2. The fraction of sp³-hybridized carbons (Fsp3) is 0.444. The Bertz CT molecular complexity index is 1090. The maximum absolute atomic E-state index is 12.8.